The summed E-state index contributed by atoms with van der Waals surface area (Å²) in [5.41, 5.74) is 4.32. The molecule has 0 bridgehead atoms. The van der Waals surface area contributed by atoms with Crippen LogP contribution < -0.4 is 5.32 Å². The Morgan fingerprint density at radius 1 is 0.920 bits per heavy atom. The number of hydrogen-bond acceptors (Lipinski definition) is 2. The molecule has 25 heavy (non-hydrogen) atoms. The van der Waals surface area contributed by atoms with E-state index in [1.165, 1.54) is 11.1 Å². The molecule has 0 spiro atoms. The highest BCUT2D eigenvalue weighted by molar-refractivity contribution is 5.95. The third-order valence-corrected chi connectivity index (χ3v) is 4.31. The van der Waals surface area contributed by atoms with Gasteiger partial charge in [0, 0.05) is 18.1 Å². The molecule has 0 radical (unpaired) electrons. The van der Waals surface area contributed by atoms with E-state index in [-0.39, 0.29) is 11.8 Å². The number of amides is 1. The summed E-state index contributed by atoms with van der Waals surface area (Å²) in [5.74, 6) is -0.0896. The number of pyridine rings is 1. The van der Waals surface area contributed by atoms with Crippen molar-refractivity contribution < 1.29 is 4.79 Å². The van der Waals surface area contributed by atoms with Gasteiger partial charge in [0.25, 0.3) is 0 Å². The van der Waals surface area contributed by atoms with Crippen LogP contribution in [-0.4, -0.2) is 10.9 Å². The number of carbonyl (C=O) groups excluding carboxylic acids is 1. The van der Waals surface area contributed by atoms with Gasteiger partial charge in [0.05, 0.1) is 5.92 Å². The first kappa shape index (κ1) is 16.9. The number of hydrogen-bond donors (Lipinski definition) is 1. The highest BCUT2D eigenvalue weighted by Crippen LogP contribution is 2.22. The molecule has 0 aliphatic heterocycles. The summed E-state index contributed by atoms with van der Waals surface area (Å²) in [6.45, 7) is 2.04. The smallest absolute Gasteiger partial charge is 0.231 e. The first-order valence-electron chi connectivity index (χ1n) is 8.60. The van der Waals surface area contributed by atoms with Gasteiger partial charge in [-0.3, -0.25) is 9.78 Å². The lowest BCUT2D eigenvalue weighted by Gasteiger charge is -2.15. The SMILES string of the molecule is CC[C@@H](C(=O)Nc1ccc(Cc2ccncc2)cc1)c1ccccc1. The highest BCUT2D eigenvalue weighted by atomic mass is 16.1. The van der Waals surface area contributed by atoms with Gasteiger partial charge in [-0.25, -0.2) is 0 Å². The summed E-state index contributed by atoms with van der Waals surface area (Å²) < 4.78 is 0. The largest absolute Gasteiger partial charge is 0.326 e. The average molecular weight is 330 g/mol. The fourth-order valence-electron chi connectivity index (χ4n) is 2.93. The number of aromatic nitrogens is 1. The fourth-order valence-corrected chi connectivity index (χ4v) is 2.93. The summed E-state index contributed by atoms with van der Waals surface area (Å²) in [7, 11) is 0. The van der Waals surface area contributed by atoms with Gasteiger partial charge in [0.15, 0.2) is 0 Å². The third kappa shape index (κ3) is 4.54. The second-order valence-corrected chi connectivity index (χ2v) is 6.09. The summed E-state index contributed by atoms with van der Waals surface area (Å²) in [6.07, 6.45) is 5.24. The summed E-state index contributed by atoms with van der Waals surface area (Å²) in [5, 5.41) is 3.03. The van der Waals surface area contributed by atoms with E-state index in [2.05, 4.69) is 22.4 Å². The number of nitrogens with one attached hydrogen (secondary N) is 1. The summed E-state index contributed by atoms with van der Waals surface area (Å²) >= 11 is 0. The van der Waals surface area contributed by atoms with Crippen molar-refractivity contribution >= 4 is 11.6 Å². The molecule has 1 amide bonds. The summed E-state index contributed by atoms with van der Waals surface area (Å²) in [6, 6.07) is 22.0. The standard InChI is InChI=1S/C22H22N2O/c1-2-21(19-6-4-3-5-7-19)22(25)24-20-10-8-17(9-11-20)16-18-12-14-23-15-13-18/h3-15,21H,2,16H2,1H3,(H,24,25)/t21-/m1/s1. The lowest BCUT2D eigenvalue weighted by Crippen LogP contribution is -2.20. The predicted octanol–water partition coefficient (Wildman–Crippen LogP) is 4.80. The second-order valence-electron chi connectivity index (χ2n) is 6.09. The molecule has 0 fully saturated rings. The molecular weight excluding hydrogens is 308 g/mol. The van der Waals surface area contributed by atoms with Crippen molar-refractivity contribution in [2.75, 3.05) is 5.32 Å². The molecule has 3 heteroatoms. The number of nitrogens with zero attached hydrogens (tertiary/aromatic N) is 1. The van der Waals surface area contributed by atoms with Crippen LogP contribution in [0.15, 0.2) is 79.1 Å². The lowest BCUT2D eigenvalue weighted by molar-refractivity contribution is -0.117. The Bertz CT molecular complexity index is 798. The normalized spacial score (nSPS) is 11.7. The zero-order chi connectivity index (χ0) is 17.5. The zero-order valence-corrected chi connectivity index (χ0v) is 14.4. The molecule has 1 N–H and O–H groups in total. The predicted molar refractivity (Wildman–Crippen MR) is 102 cm³/mol. The highest BCUT2D eigenvalue weighted by Gasteiger charge is 2.18. The molecular formula is C22H22N2O. The number of rotatable bonds is 6. The Balaban J connectivity index is 1.65. The van der Waals surface area contributed by atoms with Crippen molar-refractivity contribution in [1.29, 1.82) is 0 Å². The molecule has 3 aromatic rings. The van der Waals surface area contributed by atoms with Crippen molar-refractivity contribution in [2.45, 2.75) is 25.7 Å². The van der Waals surface area contributed by atoms with Crippen LogP contribution in [0.3, 0.4) is 0 Å². The minimum atomic E-state index is -0.127. The Hall–Kier alpha value is -2.94. The van der Waals surface area contributed by atoms with Crippen LogP contribution in [0.25, 0.3) is 0 Å². The fraction of sp³-hybridized carbons (Fsp3) is 0.182. The van der Waals surface area contributed by atoms with Crippen LogP contribution in [0, 0.1) is 0 Å². The minimum absolute atomic E-state index is 0.0376. The first-order chi connectivity index (χ1) is 12.3. The maximum atomic E-state index is 12.6. The van der Waals surface area contributed by atoms with Crippen LogP contribution in [0.4, 0.5) is 5.69 Å². The summed E-state index contributed by atoms with van der Waals surface area (Å²) in [4.78, 5) is 16.6. The molecule has 0 aliphatic carbocycles. The molecule has 1 aromatic heterocycles. The van der Waals surface area contributed by atoms with E-state index in [1.807, 2.05) is 61.5 Å². The quantitative estimate of drug-likeness (QED) is 0.705. The Morgan fingerprint density at radius 3 is 2.20 bits per heavy atom. The molecule has 126 valence electrons. The molecule has 3 rings (SSSR count). The topological polar surface area (TPSA) is 42.0 Å². The molecule has 1 heterocycles. The lowest BCUT2D eigenvalue weighted by atomic mass is 9.95. The van der Waals surface area contributed by atoms with Crippen LogP contribution >= 0.6 is 0 Å². The van der Waals surface area contributed by atoms with Gasteiger partial charge in [0.2, 0.25) is 5.91 Å². The second kappa shape index (κ2) is 8.25. The molecule has 0 saturated carbocycles. The van der Waals surface area contributed by atoms with E-state index in [1.54, 1.807) is 12.4 Å². The van der Waals surface area contributed by atoms with Crippen molar-refractivity contribution in [3.8, 4) is 0 Å². The zero-order valence-electron chi connectivity index (χ0n) is 14.4. The van der Waals surface area contributed by atoms with Gasteiger partial charge < -0.3 is 5.32 Å². The minimum Gasteiger partial charge on any atom is -0.326 e. The molecule has 0 saturated heterocycles. The van der Waals surface area contributed by atoms with E-state index in [0.29, 0.717) is 0 Å². The van der Waals surface area contributed by atoms with Crippen molar-refractivity contribution in [3.63, 3.8) is 0 Å². The van der Waals surface area contributed by atoms with Gasteiger partial charge >= 0.3 is 0 Å². The van der Waals surface area contributed by atoms with Gasteiger partial charge in [-0.2, -0.15) is 0 Å². The van der Waals surface area contributed by atoms with E-state index in [0.717, 1.165) is 24.1 Å². The van der Waals surface area contributed by atoms with E-state index in [4.69, 9.17) is 0 Å². The number of anilines is 1. The van der Waals surface area contributed by atoms with Crippen molar-refractivity contribution in [2.24, 2.45) is 0 Å². The Kier molecular flexibility index (Phi) is 5.57. The molecule has 2 aromatic carbocycles. The van der Waals surface area contributed by atoms with Crippen LogP contribution in [0.5, 0.6) is 0 Å². The first-order valence-corrected chi connectivity index (χ1v) is 8.60. The third-order valence-electron chi connectivity index (χ3n) is 4.31. The molecule has 3 nitrogen and oxygen atoms in total. The molecule has 1 atom stereocenters. The maximum Gasteiger partial charge on any atom is 0.231 e. The van der Waals surface area contributed by atoms with Crippen LogP contribution in [-0.2, 0) is 11.2 Å². The maximum absolute atomic E-state index is 12.6. The monoisotopic (exact) mass is 330 g/mol. The van der Waals surface area contributed by atoms with Gasteiger partial charge in [-0.1, -0.05) is 49.4 Å². The Morgan fingerprint density at radius 2 is 1.56 bits per heavy atom. The van der Waals surface area contributed by atoms with Gasteiger partial charge in [0.1, 0.15) is 0 Å². The van der Waals surface area contributed by atoms with E-state index in [9.17, 15) is 4.79 Å². The van der Waals surface area contributed by atoms with Gasteiger partial charge in [-0.15, -0.1) is 0 Å². The molecule has 0 unspecified atom stereocenters. The Labute approximate surface area is 148 Å². The van der Waals surface area contributed by atoms with Gasteiger partial charge in [-0.05, 0) is 53.8 Å². The van der Waals surface area contributed by atoms with E-state index < -0.39 is 0 Å². The van der Waals surface area contributed by atoms with Crippen molar-refractivity contribution in [3.05, 3.63) is 95.8 Å². The number of carbonyl (C=O) groups is 1. The number of benzene rings is 2. The molecule has 0 aliphatic rings. The van der Waals surface area contributed by atoms with E-state index >= 15 is 0 Å². The van der Waals surface area contributed by atoms with Crippen molar-refractivity contribution in [1.82, 2.24) is 4.98 Å². The van der Waals surface area contributed by atoms with Crippen LogP contribution in [0.1, 0.15) is 36.0 Å². The average Bonchev–Trinajstić information content (AvgIpc) is 2.66. The van der Waals surface area contributed by atoms with Crippen LogP contribution in [0.2, 0.25) is 0 Å².